The van der Waals surface area contributed by atoms with Gasteiger partial charge in [-0.3, -0.25) is 4.90 Å². The van der Waals surface area contributed by atoms with Gasteiger partial charge in [0, 0.05) is 18.5 Å². The van der Waals surface area contributed by atoms with Crippen LogP contribution in [0.1, 0.15) is 28.4 Å². The Labute approximate surface area is 158 Å². The third kappa shape index (κ3) is 2.08. The molecule has 0 fully saturated rings. The van der Waals surface area contributed by atoms with Crippen molar-refractivity contribution in [2.24, 2.45) is 0 Å². The van der Waals surface area contributed by atoms with Gasteiger partial charge in [0.1, 0.15) is 6.10 Å². The van der Waals surface area contributed by atoms with Gasteiger partial charge in [-0.1, -0.05) is 6.07 Å². The molecule has 0 aromatic heterocycles. The number of hydrogen-bond donors (Lipinski definition) is 1. The lowest BCUT2D eigenvalue weighted by Crippen LogP contribution is -2.51. The Kier molecular flexibility index (Phi) is 3.58. The molecule has 1 aliphatic carbocycles. The van der Waals surface area contributed by atoms with Gasteiger partial charge >= 0.3 is 0 Å². The summed E-state index contributed by atoms with van der Waals surface area (Å²) in [6, 6.07) is 7.93. The topological polar surface area (TPSA) is 60.4 Å². The van der Waals surface area contributed by atoms with Gasteiger partial charge in [0.05, 0.1) is 19.8 Å². The largest absolute Gasteiger partial charge is 0.493 e. The second kappa shape index (κ2) is 5.78. The molecule has 0 amide bonds. The van der Waals surface area contributed by atoms with Crippen LogP contribution in [-0.2, 0) is 18.4 Å². The molecule has 0 saturated carbocycles. The van der Waals surface area contributed by atoms with Crippen LogP contribution < -0.4 is 18.9 Å². The standard InChI is InChI=1S/C21H23NO5/c1-22-7-6-12-8-17-18(27-11-26-17)9-15(12)21(22)10-14-13(20(21)23)4-5-16(24-2)19(14)25-3/h4-5,8-9,20,23H,6-7,10-11H2,1-3H3/t20-,21+/m1/s1. The van der Waals surface area contributed by atoms with Crippen molar-refractivity contribution in [1.82, 2.24) is 4.90 Å². The lowest BCUT2D eigenvalue weighted by Gasteiger charge is -2.46. The Morgan fingerprint density at radius 1 is 1.15 bits per heavy atom. The molecule has 0 saturated heterocycles. The maximum absolute atomic E-state index is 11.5. The fourth-order valence-corrected chi connectivity index (χ4v) is 4.94. The number of nitrogens with zero attached hydrogens (tertiary/aromatic N) is 1. The molecule has 1 spiro atoms. The minimum atomic E-state index is -0.670. The zero-order valence-corrected chi connectivity index (χ0v) is 15.7. The fourth-order valence-electron chi connectivity index (χ4n) is 4.94. The van der Waals surface area contributed by atoms with E-state index in [0.717, 1.165) is 41.2 Å². The molecule has 2 aliphatic heterocycles. The van der Waals surface area contributed by atoms with Gasteiger partial charge < -0.3 is 24.1 Å². The number of benzene rings is 2. The summed E-state index contributed by atoms with van der Waals surface area (Å²) in [7, 11) is 5.35. The monoisotopic (exact) mass is 369 g/mol. The van der Waals surface area contributed by atoms with Crippen molar-refractivity contribution in [1.29, 1.82) is 0 Å². The van der Waals surface area contributed by atoms with Gasteiger partial charge in [-0.2, -0.15) is 0 Å². The third-order valence-corrected chi connectivity index (χ3v) is 6.34. The summed E-state index contributed by atoms with van der Waals surface area (Å²) in [6.07, 6.45) is 0.887. The first-order valence-electron chi connectivity index (χ1n) is 9.16. The van der Waals surface area contributed by atoms with Crippen LogP contribution in [0.4, 0.5) is 0 Å². The summed E-state index contributed by atoms with van der Waals surface area (Å²) in [5, 5.41) is 11.5. The molecular formula is C21H23NO5. The van der Waals surface area contributed by atoms with Crippen molar-refractivity contribution < 1.29 is 24.1 Å². The quantitative estimate of drug-likeness (QED) is 0.877. The minimum Gasteiger partial charge on any atom is -0.493 e. The lowest BCUT2D eigenvalue weighted by molar-refractivity contribution is -0.0196. The number of hydrogen-bond acceptors (Lipinski definition) is 6. The third-order valence-electron chi connectivity index (χ3n) is 6.34. The molecule has 1 N–H and O–H groups in total. The van der Waals surface area contributed by atoms with E-state index in [9.17, 15) is 5.11 Å². The highest BCUT2D eigenvalue weighted by molar-refractivity contribution is 5.60. The molecule has 0 unspecified atom stereocenters. The molecule has 2 atom stereocenters. The highest BCUT2D eigenvalue weighted by Crippen LogP contribution is 2.56. The molecule has 6 heteroatoms. The van der Waals surface area contributed by atoms with Crippen LogP contribution in [0.25, 0.3) is 0 Å². The van der Waals surface area contributed by atoms with E-state index in [-0.39, 0.29) is 6.79 Å². The van der Waals surface area contributed by atoms with Gasteiger partial charge in [0.2, 0.25) is 6.79 Å². The lowest BCUT2D eigenvalue weighted by atomic mass is 9.77. The molecule has 0 radical (unpaired) electrons. The maximum Gasteiger partial charge on any atom is 0.231 e. The molecule has 2 heterocycles. The average molecular weight is 369 g/mol. The van der Waals surface area contributed by atoms with Crippen LogP contribution in [0, 0.1) is 0 Å². The Hall–Kier alpha value is -2.44. The molecule has 3 aliphatic rings. The molecule has 2 aromatic carbocycles. The maximum atomic E-state index is 11.5. The van der Waals surface area contributed by atoms with Crippen LogP contribution in [0.2, 0.25) is 0 Å². The number of likely N-dealkylation sites (N-methyl/N-ethyl adjacent to an activating group) is 1. The van der Waals surface area contributed by atoms with Gasteiger partial charge in [0.15, 0.2) is 23.0 Å². The van der Waals surface area contributed by atoms with Crippen molar-refractivity contribution in [2.75, 3.05) is 34.6 Å². The van der Waals surface area contributed by atoms with E-state index in [0.29, 0.717) is 17.9 Å². The first-order chi connectivity index (χ1) is 13.1. The zero-order chi connectivity index (χ0) is 18.8. The molecule has 142 valence electrons. The van der Waals surface area contributed by atoms with Gasteiger partial charge in [0.25, 0.3) is 0 Å². The fraction of sp³-hybridized carbons (Fsp3) is 0.429. The normalized spacial score (nSPS) is 25.4. The summed E-state index contributed by atoms with van der Waals surface area (Å²) in [6.45, 7) is 1.10. The van der Waals surface area contributed by atoms with Crippen LogP contribution in [0.3, 0.4) is 0 Å². The van der Waals surface area contributed by atoms with E-state index in [1.165, 1.54) is 5.56 Å². The summed E-state index contributed by atoms with van der Waals surface area (Å²) in [5.74, 6) is 2.92. The zero-order valence-electron chi connectivity index (χ0n) is 15.7. The Balaban J connectivity index is 1.71. The highest BCUT2D eigenvalue weighted by Gasteiger charge is 2.53. The Bertz CT molecular complexity index is 927. The number of fused-ring (bicyclic) bond motifs is 4. The smallest absolute Gasteiger partial charge is 0.231 e. The number of aliphatic hydroxyl groups is 1. The summed E-state index contributed by atoms with van der Waals surface area (Å²) < 4.78 is 22.3. The Morgan fingerprint density at radius 3 is 2.67 bits per heavy atom. The Morgan fingerprint density at radius 2 is 1.93 bits per heavy atom. The van der Waals surface area contributed by atoms with Crippen molar-refractivity contribution in [3.8, 4) is 23.0 Å². The van der Waals surface area contributed by atoms with Gasteiger partial charge in [-0.25, -0.2) is 0 Å². The highest BCUT2D eigenvalue weighted by atomic mass is 16.7. The second-order valence-corrected chi connectivity index (χ2v) is 7.41. The van der Waals surface area contributed by atoms with Crippen molar-refractivity contribution in [3.05, 3.63) is 46.5 Å². The summed E-state index contributed by atoms with van der Waals surface area (Å²) >= 11 is 0. The van der Waals surface area contributed by atoms with Crippen LogP contribution in [0.5, 0.6) is 23.0 Å². The molecule has 5 rings (SSSR count). The molecule has 27 heavy (non-hydrogen) atoms. The van der Waals surface area contributed by atoms with Crippen molar-refractivity contribution >= 4 is 0 Å². The first kappa shape index (κ1) is 16.7. The van der Waals surface area contributed by atoms with E-state index in [1.54, 1.807) is 14.2 Å². The molecule has 6 nitrogen and oxygen atoms in total. The van der Waals surface area contributed by atoms with Crippen molar-refractivity contribution in [3.63, 3.8) is 0 Å². The van der Waals surface area contributed by atoms with Crippen LogP contribution in [-0.4, -0.2) is 44.6 Å². The molecule has 2 aromatic rings. The number of rotatable bonds is 2. The average Bonchev–Trinajstić information content (AvgIpc) is 3.26. The number of aliphatic hydroxyl groups excluding tert-OH is 1. The van der Waals surface area contributed by atoms with E-state index in [1.807, 2.05) is 18.2 Å². The number of methoxy groups -OCH3 is 2. The predicted octanol–water partition coefficient (Wildman–Crippen LogP) is 2.41. The van der Waals surface area contributed by atoms with E-state index in [4.69, 9.17) is 18.9 Å². The van der Waals surface area contributed by atoms with Crippen molar-refractivity contribution in [2.45, 2.75) is 24.5 Å². The van der Waals surface area contributed by atoms with E-state index >= 15 is 0 Å². The first-order valence-corrected chi connectivity index (χ1v) is 9.16. The SMILES string of the molecule is COc1ccc2c(c1OC)C[C@]1(c3cc4c(cc3CCN1C)OCO4)[C@@H]2O. The summed E-state index contributed by atoms with van der Waals surface area (Å²) in [4.78, 5) is 2.26. The minimum absolute atomic E-state index is 0.245. The van der Waals surface area contributed by atoms with Crippen LogP contribution in [0.15, 0.2) is 24.3 Å². The number of ether oxygens (including phenoxy) is 4. The summed E-state index contributed by atoms with van der Waals surface area (Å²) in [5.41, 5.74) is 3.64. The molecule has 0 bridgehead atoms. The van der Waals surface area contributed by atoms with Gasteiger partial charge in [-0.15, -0.1) is 0 Å². The predicted molar refractivity (Wildman–Crippen MR) is 98.8 cm³/mol. The van der Waals surface area contributed by atoms with E-state index < -0.39 is 11.6 Å². The van der Waals surface area contributed by atoms with Gasteiger partial charge in [-0.05, 0) is 48.4 Å². The van der Waals surface area contributed by atoms with E-state index in [2.05, 4.69) is 18.0 Å². The van der Waals surface area contributed by atoms with Crippen LogP contribution >= 0.6 is 0 Å². The molecular weight excluding hydrogens is 346 g/mol. The second-order valence-electron chi connectivity index (χ2n) is 7.41.